The molecule has 4 aromatic rings. The predicted octanol–water partition coefficient (Wildman–Crippen LogP) is 3.03. The Bertz CT molecular complexity index is 1510. The van der Waals surface area contributed by atoms with Crippen molar-refractivity contribution in [2.24, 2.45) is 0 Å². The van der Waals surface area contributed by atoms with Crippen molar-refractivity contribution >= 4 is 37.5 Å². The molecule has 0 radical (unpaired) electrons. The van der Waals surface area contributed by atoms with E-state index < -0.39 is 21.5 Å². The second-order valence-corrected chi connectivity index (χ2v) is 9.89. The summed E-state index contributed by atoms with van der Waals surface area (Å²) in [6.07, 6.45) is 1.25. The maximum absolute atomic E-state index is 13.2. The minimum Gasteiger partial charge on any atom is -0.267 e. The number of benzene rings is 2. The SMILES string of the molecule is CNS(=O)(=O)c1cc(C(=O)Nn2cnc3scc(-c4ccccc4)c3c2=O)cc(C)c1C. The fourth-order valence-electron chi connectivity index (χ4n) is 3.36. The van der Waals surface area contributed by atoms with E-state index in [1.165, 1.54) is 30.8 Å². The normalized spacial score (nSPS) is 11.6. The standard InChI is InChI=1S/C22H20N4O4S2/c1-13-9-16(10-18(14(13)2)32(29,30)23-3)20(27)25-26-12-24-21-19(22(26)28)17(11-31-21)15-7-5-4-6-8-15/h4-12,23H,1-3H3,(H,25,27). The van der Waals surface area contributed by atoms with Crippen LogP contribution in [0.15, 0.2) is 63.9 Å². The lowest BCUT2D eigenvalue weighted by Crippen LogP contribution is -2.33. The van der Waals surface area contributed by atoms with Gasteiger partial charge in [0.2, 0.25) is 10.0 Å². The highest BCUT2D eigenvalue weighted by Gasteiger charge is 2.20. The number of carbonyl (C=O) groups is 1. The summed E-state index contributed by atoms with van der Waals surface area (Å²) in [6, 6.07) is 12.3. The molecule has 32 heavy (non-hydrogen) atoms. The molecule has 10 heteroatoms. The molecule has 0 atom stereocenters. The molecule has 164 valence electrons. The number of amides is 1. The number of rotatable bonds is 5. The topological polar surface area (TPSA) is 110 Å². The van der Waals surface area contributed by atoms with Gasteiger partial charge in [0, 0.05) is 16.5 Å². The van der Waals surface area contributed by atoms with E-state index in [0.717, 1.165) is 15.8 Å². The first-order valence-corrected chi connectivity index (χ1v) is 12.0. The molecule has 0 saturated heterocycles. The Labute approximate surface area is 188 Å². The van der Waals surface area contributed by atoms with Crippen molar-refractivity contribution < 1.29 is 13.2 Å². The first kappa shape index (κ1) is 21.9. The van der Waals surface area contributed by atoms with Crippen LogP contribution in [0.4, 0.5) is 0 Å². The van der Waals surface area contributed by atoms with Gasteiger partial charge in [-0.3, -0.25) is 15.0 Å². The molecule has 2 heterocycles. The number of thiophene rings is 1. The van der Waals surface area contributed by atoms with E-state index in [1.807, 2.05) is 35.7 Å². The van der Waals surface area contributed by atoms with Crippen LogP contribution in [0, 0.1) is 13.8 Å². The summed E-state index contributed by atoms with van der Waals surface area (Å²) in [5.74, 6) is -0.625. The van der Waals surface area contributed by atoms with E-state index in [9.17, 15) is 18.0 Å². The van der Waals surface area contributed by atoms with Gasteiger partial charge in [-0.25, -0.2) is 22.8 Å². The fraction of sp³-hybridized carbons (Fsp3) is 0.136. The zero-order valence-electron chi connectivity index (χ0n) is 17.5. The highest BCUT2D eigenvalue weighted by atomic mass is 32.2. The molecule has 0 aliphatic rings. The Morgan fingerprint density at radius 2 is 1.84 bits per heavy atom. The van der Waals surface area contributed by atoms with Crippen molar-refractivity contribution in [2.75, 3.05) is 12.5 Å². The van der Waals surface area contributed by atoms with Crippen molar-refractivity contribution in [3.63, 3.8) is 0 Å². The maximum Gasteiger partial charge on any atom is 0.281 e. The van der Waals surface area contributed by atoms with Crippen LogP contribution in [0.1, 0.15) is 21.5 Å². The van der Waals surface area contributed by atoms with Crippen molar-refractivity contribution in [2.45, 2.75) is 18.7 Å². The molecular formula is C22H20N4O4S2. The molecule has 2 N–H and O–H groups in total. The highest BCUT2D eigenvalue weighted by molar-refractivity contribution is 7.89. The number of sulfonamides is 1. The minimum atomic E-state index is -3.76. The van der Waals surface area contributed by atoms with Gasteiger partial charge in [0.1, 0.15) is 11.2 Å². The number of carbonyl (C=O) groups excluding carboxylic acids is 1. The Morgan fingerprint density at radius 1 is 1.12 bits per heavy atom. The third-order valence-corrected chi connectivity index (χ3v) is 7.67. The summed E-state index contributed by atoms with van der Waals surface area (Å²) in [4.78, 5) is 30.9. The Hall–Kier alpha value is -3.34. The number of aromatic nitrogens is 2. The van der Waals surface area contributed by atoms with E-state index in [2.05, 4.69) is 15.1 Å². The Morgan fingerprint density at radius 3 is 2.53 bits per heavy atom. The molecule has 2 aromatic heterocycles. The van der Waals surface area contributed by atoms with Crippen LogP contribution >= 0.6 is 11.3 Å². The van der Waals surface area contributed by atoms with Gasteiger partial charge in [-0.1, -0.05) is 30.3 Å². The Kier molecular flexibility index (Phi) is 5.68. The largest absolute Gasteiger partial charge is 0.281 e. The first-order chi connectivity index (χ1) is 15.2. The molecule has 2 aromatic carbocycles. The van der Waals surface area contributed by atoms with Crippen molar-refractivity contribution in [3.8, 4) is 11.1 Å². The van der Waals surface area contributed by atoms with Crippen molar-refractivity contribution in [1.29, 1.82) is 0 Å². The van der Waals surface area contributed by atoms with Crippen molar-refractivity contribution in [1.82, 2.24) is 14.4 Å². The van der Waals surface area contributed by atoms with Crippen LogP contribution in [-0.2, 0) is 10.0 Å². The summed E-state index contributed by atoms with van der Waals surface area (Å²) < 4.78 is 28.0. The fourth-order valence-corrected chi connectivity index (χ4v) is 5.34. The maximum atomic E-state index is 13.2. The number of fused-ring (bicyclic) bond motifs is 1. The zero-order valence-corrected chi connectivity index (χ0v) is 19.2. The summed E-state index contributed by atoms with van der Waals surface area (Å²) >= 11 is 1.35. The molecule has 0 aliphatic heterocycles. The molecule has 1 amide bonds. The van der Waals surface area contributed by atoms with Crippen LogP contribution in [-0.4, -0.2) is 31.0 Å². The zero-order chi connectivity index (χ0) is 23.0. The molecule has 0 fully saturated rings. The molecule has 4 rings (SSSR count). The van der Waals surface area contributed by atoms with Gasteiger partial charge in [-0.2, -0.15) is 0 Å². The number of nitrogens with one attached hydrogen (secondary N) is 2. The molecular weight excluding hydrogens is 448 g/mol. The van der Waals surface area contributed by atoms with Crippen LogP contribution in [0.5, 0.6) is 0 Å². The quantitative estimate of drug-likeness (QED) is 0.468. The van der Waals surface area contributed by atoms with Gasteiger partial charge in [0.15, 0.2) is 0 Å². The third kappa shape index (κ3) is 3.83. The number of nitrogens with zero attached hydrogens (tertiary/aromatic N) is 2. The monoisotopic (exact) mass is 468 g/mol. The second-order valence-electron chi connectivity index (χ2n) is 7.18. The molecule has 0 aliphatic carbocycles. The van der Waals surface area contributed by atoms with Crippen LogP contribution < -0.4 is 15.7 Å². The van der Waals surface area contributed by atoms with Crippen LogP contribution in [0.2, 0.25) is 0 Å². The third-order valence-electron chi connectivity index (χ3n) is 5.24. The summed E-state index contributed by atoms with van der Waals surface area (Å²) in [5, 5.41) is 2.27. The van der Waals surface area contributed by atoms with E-state index >= 15 is 0 Å². The Balaban J connectivity index is 1.76. The van der Waals surface area contributed by atoms with E-state index in [1.54, 1.807) is 19.9 Å². The van der Waals surface area contributed by atoms with Gasteiger partial charge in [-0.05, 0) is 49.7 Å². The van der Waals surface area contributed by atoms with Gasteiger partial charge < -0.3 is 0 Å². The lowest BCUT2D eigenvalue weighted by molar-refractivity contribution is 0.101. The lowest BCUT2D eigenvalue weighted by Gasteiger charge is -2.13. The number of hydrogen-bond acceptors (Lipinski definition) is 6. The van der Waals surface area contributed by atoms with E-state index in [0.29, 0.717) is 21.3 Å². The van der Waals surface area contributed by atoms with E-state index in [-0.39, 0.29) is 10.5 Å². The molecule has 0 unspecified atom stereocenters. The molecule has 0 spiro atoms. The number of hydrogen-bond donors (Lipinski definition) is 2. The lowest BCUT2D eigenvalue weighted by atomic mass is 10.1. The van der Waals surface area contributed by atoms with Crippen molar-refractivity contribution in [3.05, 3.63) is 81.2 Å². The molecule has 0 bridgehead atoms. The van der Waals surface area contributed by atoms with Gasteiger partial charge >= 0.3 is 0 Å². The molecule has 8 nitrogen and oxygen atoms in total. The number of aryl methyl sites for hydroxylation is 1. The average Bonchev–Trinajstić information content (AvgIpc) is 3.22. The smallest absolute Gasteiger partial charge is 0.267 e. The second kappa shape index (κ2) is 8.30. The van der Waals surface area contributed by atoms with E-state index in [4.69, 9.17) is 0 Å². The first-order valence-electron chi connectivity index (χ1n) is 9.63. The summed E-state index contributed by atoms with van der Waals surface area (Å²) in [5.41, 5.74) is 5.00. The van der Waals surface area contributed by atoms with Gasteiger partial charge in [0.25, 0.3) is 11.5 Å². The minimum absolute atomic E-state index is 0.00951. The highest BCUT2D eigenvalue weighted by Crippen LogP contribution is 2.30. The summed E-state index contributed by atoms with van der Waals surface area (Å²) in [6.45, 7) is 3.39. The molecule has 0 saturated carbocycles. The van der Waals surface area contributed by atoms with Crippen LogP contribution in [0.3, 0.4) is 0 Å². The average molecular weight is 469 g/mol. The van der Waals surface area contributed by atoms with Gasteiger partial charge in [-0.15, -0.1) is 11.3 Å². The predicted molar refractivity (Wildman–Crippen MR) is 125 cm³/mol. The summed E-state index contributed by atoms with van der Waals surface area (Å²) in [7, 11) is -2.45. The van der Waals surface area contributed by atoms with Gasteiger partial charge in [0.05, 0.1) is 10.3 Å². The van der Waals surface area contributed by atoms with Crippen LogP contribution in [0.25, 0.3) is 21.3 Å².